The van der Waals surface area contributed by atoms with Crippen LogP contribution in [-0.2, 0) is 5.41 Å². The van der Waals surface area contributed by atoms with Gasteiger partial charge in [-0.05, 0) is 36.0 Å². The number of hydrogen-bond acceptors (Lipinski definition) is 2. The van der Waals surface area contributed by atoms with Crippen molar-refractivity contribution in [1.29, 1.82) is 0 Å². The van der Waals surface area contributed by atoms with E-state index < -0.39 is 0 Å². The first-order valence-electron chi connectivity index (χ1n) is 5.56. The zero-order chi connectivity index (χ0) is 11.1. The lowest BCUT2D eigenvalue weighted by Gasteiger charge is -2.26. The van der Waals surface area contributed by atoms with Crippen molar-refractivity contribution in [2.75, 3.05) is 12.3 Å². The molecule has 0 unspecified atom stereocenters. The fourth-order valence-corrected chi connectivity index (χ4v) is 2.09. The van der Waals surface area contributed by atoms with Gasteiger partial charge in [0.1, 0.15) is 0 Å². The monoisotopic (exact) mass is 205 g/mol. The van der Waals surface area contributed by atoms with Crippen LogP contribution < -0.4 is 5.73 Å². The van der Waals surface area contributed by atoms with E-state index in [9.17, 15) is 5.11 Å². The number of nitrogen functional groups attached to an aromatic ring is 1. The normalized spacial score (nSPS) is 16.7. The van der Waals surface area contributed by atoms with Crippen molar-refractivity contribution in [3.63, 3.8) is 0 Å². The molecule has 0 atom stereocenters. The lowest BCUT2D eigenvalue weighted by atomic mass is 9.81. The van der Waals surface area contributed by atoms with E-state index in [4.69, 9.17) is 5.73 Å². The zero-order valence-electron chi connectivity index (χ0n) is 9.46. The van der Waals surface area contributed by atoms with E-state index in [1.165, 1.54) is 24.0 Å². The Balaban J connectivity index is 2.50. The summed E-state index contributed by atoms with van der Waals surface area (Å²) >= 11 is 0. The highest BCUT2D eigenvalue weighted by Gasteiger charge is 2.32. The van der Waals surface area contributed by atoms with Crippen LogP contribution in [0.1, 0.15) is 43.7 Å². The minimum Gasteiger partial charge on any atom is -0.398 e. The summed E-state index contributed by atoms with van der Waals surface area (Å²) in [5.41, 5.74) is 9.22. The van der Waals surface area contributed by atoms with E-state index in [1.54, 1.807) is 0 Å². The van der Waals surface area contributed by atoms with Gasteiger partial charge in [0.25, 0.3) is 0 Å². The Bertz CT molecular complexity index is 367. The van der Waals surface area contributed by atoms with Crippen molar-refractivity contribution in [3.8, 4) is 0 Å². The first kappa shape index (κ1) is 10.5. The number of aliphatic hydroxyl groups is 1. The number of benzene rings is 1. The molecule has 1 aliphatic rings. The molecular formula is C13H19NO. The molecule has 1 aliphatic carbocycles. The van der Waals surface area contributed by atoms with Crippen molar-refractivity contribution >= 4 is 5.69 Å². The van der Waals surface area contributed by atoms with Gasteiger partial charge in [-0.25, -0.2) is 0 Å². The standard InChI is InChI=1S/C13H19NO/c1-13(2,8-15)10-4-3-5-11(14)12(10)9-6-7-9/h3-5,9,15H,6-8,14H2,1-2H3. The molecule has 1 saturated carbocycles. The van der Waals surface area contributed by atoms with Crippen LogP contribution in [0.2, 0.25) is 0 Å². The molecule has 0 radical (unpaired) electrons. The minimum atomic E-state index is -0.187. The Morgan fingerprint density at radius 2 is 2.07 bits per heavy atom. The molecule has 0 aromatic heterocycles. The summed E-state index contributed by atoms with van der Waals surface area (Å²) in [7, 11) is 0. The second-order valence-electron chi connectivity index (χ2n) is 5.12. The molecule has 2 rings (SSSR count). The molecule has 0 spiro atoms. The van der Waals surface area contributed by atoms with E-state index in [1.807, 2.05) is 12.1 Å². The van der Waals surface area contributed by atoms with Gasteiger partial charge in [-0.1, -0.05) is 26.0 Å². The van der Waals surface area contributed by atoms with Crippen molar-refractivity contribution in [2.24, 2.45) is 0 Å². The third kappa shape index (κ3) is 1.86. The summed E-state index contributed by atoms with van der Waals surface area (Å²) in [4.78, 5) is 0. The van der Waals surface area contributed by atoms with Gasteiger partial charge in [0, 0.05) is 11.1 Å². The van der Waals surface area contributed by atoms with Crippen molar-refractivity contribution < 1.29 is 5.11 Å². The van der Waals surface area contributed by atoms with Gasteiger partial charge in [0.05, 0.1) is 6.61 Å². The van der Waals surface area contributed by atoms with Crippen LogP contribution in [0.3, 0.4) is 0 Å². The second kappa shape index (κ2) is 3.53. The van der Waals surface area contributed by atoms with E-state index in [2.05, 4.69) is 19.9 Å². The molecule has 0 amide bonds. The molecule has 1 fully saturated rings. The van der Waals surface area contributed by atoms with Crippen LogP contribution in [0.25, 0.3) is 0 Å². The van der Waals surface area contributed by atoms with Crippen LogP contribution in [0, 0.1) is 0 Å². The molecule has 3 N–H and O–H groups in total. The first-order valence-corrected chi connectivity index (χ1v) is 5.56. The summed E-state index contributed by atoms with van der Waals surface area (Å²) in [6.07, 6.45) is 2.48. The molecule has 2 heteroatoms. The van der Waals surface area contributed by atoms with Gasteiger partial charge in [-0.3, -0.25) is 0 Å². The fourth-order valence-electron chi connectivity index (χ4n) is 2.09. The Morgan fingerprint density at radius 1 is 1.40 bits per heavy atom. The Labute approximate surface area is 91.1 Å². The Kier molecular flexibility index (Phi) is 2.47. The molecule has 1 aromatic carbocycles. The molecule has 1 aromatic rings. The molecular weight excluding hydrogens is 186 g/mol. The van der Waals surface area contributed by atoms with Gasteiger partial charge < -0.3 is 10.8 Å². The van der Waals surface area contributed by atoms with Crippen LogP contribution in [-0.4, -0.2) is 11.7 Å². The Morgan fingerprint density at radius 3 is 2.60 bits per heavy atom. The molecule has 15 heavy (non-hydrogen) atoms. The summed E-state index contributed by atoms with van der Waals surface area (Å²) in [6.45, 7) is 4.29. The summed E-state index contributed by atoms with van der Waals surface area (Å²) in [5.74, 6) is 0.632. The summed E-state index contributed by atoms with van der Waals surface area (Å²) in [6, 6.07) is 6.04. The molecule has 0 bridgehead atoms. The number of aliphatic hydroxyl groups excluding tert-OH is 1. The van der Waals surface area contributed by atoms with Gasteiger partial charge >= 0.3 is 0 Å². The number of rotatable bonds is 3. The quantitative estimate of drug-likeness (QED) is 0.744. The largest absolute Gasteiger partial charge is 0.398 e. The number of hydrogen-bond donors (Lipinski definition) is 2. The summed E-state index contributed by atoms with van der Waals surface area (Å²) in [5, 5.41) is 9.42. The van der Waals surface area contributed by atoms with E-state index >= 15 is 0 Å². The molecule has 0 saturated heterocycles. The highest BCUT2D eigenvalue weighted by Crippen LogP contribution is 2.46. The van der Waals surface area contributed by atoms with Crippen LogP contribution >= 0.6 is 0 Å². The third-order valence-corrected chi connectivity index (χ3v) is 3.25. The van der Waals surface area contributed by atoms with Gasteiger partial charge in [-0.15, -0.1) is 0 Å². The lowest BCUT2D eigenvalue weighted by Crippen LogP contribution is -2.24. The maximum atomic E-state index is 9.42. The van der Waals surface area contributed by atoms with E-state index in [0.29, 0.717) is 5.92 Å². The average molecular weight is 205 g/mol. The molecule has 0 heterocycles. The van der Waals surface area contributed by atoms with E-state index in [-0.39, 0.29) is 12.0 Å². The van der Waals surface area contributed by atoms with Crippen molar-refractivity contribution in [2.45, 2.75) is 38.0 Å². The second-order valence-corrected chi connectivity index (χ2v) is 5.12. The van der Waals surface area contributed by atoms with Crippen LogP contribution in [0.5, 0.6) is 0 Å². The SMILES string of the molecule is CC(C)(CO)c1cccc(N)c1C1CC1. The number of anilines is 1. The van der Waals surface area contributed by atoms with Gasteiger partial charge in [0.2, 0.25) is 0 Å². The van der Waals surface area contributed by atoms with Crippen molar-refractivity contribution in [3.05, 3.63) is 29.3 Å². The van der Waals surface area contributed by atoms with Gasteiger partial charge in [0.15, 0.2) is 0 Å². The number of nitrogens with two attached hydrogens (primary N) is 1. The first-order chi connectivity index (χ1) is 7.06. The highest BCUT2D eigenvalue weighted by atomic mass is 16.3. The van der Waals surface area contributed by atoms with Gasteiger partial charge in [-0.2, -0.15) is 0 Å². The molecule has 0 aliphatic heterocycles. The molecule has 82 valence electrons. The average Bonchev–Trinajstić information content (AvgIpc) is 3.01. The summed E-state index contributed by atoms with van der Waals surface area (Å²) < 4.78 is 0. The fraction of sp³-hybridized carbons (Fsp3) is 0.538. The highest BCUT2D eigenvalue weighted by molar-refractivity contribution is 5.56. The van der Waals surface area contributed by atoms with E-state index in [0.717, 1.165) is 5.69 Å². The van der Waals surface area contributed by atoms with Crippen LogP contribution in [0.4, 0.5) is 5.69 Å². The topological polar surface area (TPSA) is 46.2 Å². The van der Waals surface area contributed by atoms with Crippen LogP contribution in [0.15, 0.2) is 18.2 Å². The predicted molar refractivity (Wildman–Crippen MR) is 62.9 cm³/mol. The maximum Gasteiger partial charge on any atom is 0.0522 e. The van der Waals surface area contributed by atoms with Crippen molar-refractivity contribution in [1.82, 2.24) is 0 Å². The zero-order valence-corrected chi connectivity index (χ0v) is 9.46. The lowest BCUT2D eigenvalue weighted by molar-refractivity contribution is 0.218. The maximum absolute atomic E-state index is 9.42. The smallest absolute Gasteiger partial charge is 0.0522 e. The predicted octanol–water partition coefficient (Wildman–Crippen LogP) is 2.42. The Hall–Kier alpha value is -1.02. The third-order valence-electron chi connectivity index (χ3n) is 3.25. The minimum absolute atomic E-state index is 0.163. The molecule has 2 nitrogen and oxygen atoms in total.